The van der Waals surface area contributed by atoms with Crippen molar-refractivity contribution in [3.8, 4) is 0 Å². The standard InChI is InChI=1S/C24H29FN2O2/c25-21-8-5-7-20(17-21)24(10-2-1-3-11-24)23(28)26-22-9-4-6-19(16-22)18-27-12-14-29-15-13-27/h4-9,16-17H,1-3,10-15,18H2,(H,26,28). The third kappa shape index (κ3) is 4.68. The number of hydrogen-bond acceptors (Lipinski definition) is 3. The first-order valence-corrected chi connectivity index (χ1v) is 10.6. The molecule has 1 amide bonds. The van der Waals surface area contributed by atoms with E-state index in [1.54, 1.807) is 6.07 Å². The molecule has 4 rings (SSSR count). The predicted octanol–water partition coefficient (Wildman–Crippen LogP) is 4.50. The Kier molecular flexibility index (Phi) is 6.26. The van der Waals surface area contributed by atoms with Gasteiger partial charge in [-0.25, -0.2) is 4.39 Å². The first kappa shape index (κ1) is 20.0. The van der Waals surface area contributed by atoms with Gasteiger partial charge in [-0.15, -0.1) is 0 Å². The van der Waals surface area contributed by atoms with Crippen LogP contribution in [0.4, 0.5) is 10.1 Å². The van der Waals surface area contributed by atoms with Gasteiger partial charge in [0.1, 0.15) is 5.82 Å². The number of rotatable bonds is 5. The number of benzene rings is 2. The van der Waals surface area contributed by atoms with Crippen molar-refractivity contribution in [2.45, 2.75) is 44.1 Å². The van der Waals surface area contributed by atoms with Gasteiger partial charge in [0.15, 0.2) is 0 Å². The van der Waals surface area contributed by atoms with E-state index in [0.29, 0.717) is 0 Å². The topological polar surface area (TPSA) is 41.6 Å². The molecule has 0 radical (unpaired) electrons. The molecular weight excluding hydrogens is 367 g/mol. The Balaban J connectivity index is 1.52. The lowest BCUT2D eigenvalue weighted by atomic mass is 9.68. The van der Waals surface area contributed by atoms with E-state index < -0.39 is 5.41 Å². The molecule has 1 N–H and O–H groups in total. The lowest BCUT2D eigenvalue weighted by Crippen LogP contribution is -2.42. The van der Waals surface area contributed by atoms with Crippen molar-refractivity contribution in [2.75, 3.05) is 31.6 Å². The minimum Gasteiger partial charge on any atom is -0.379 e. The van der Waals surface area contributed by atoms with E-state index in [2.05, 4.69) is 22.3 Å². The van der Waals surface area contributed by atoms with Crippen LogP contribution in [-0.4, -0.2) is 37.1 Å². The summed E-state index contributed by atoms with van der Waals surface area (Å²) >= 11 is 0. The number of amides is 1. The van der Waals surface area contributed by atoms with Crippen LogP contribution >= 0.6 is 0 Å². The number of anilines is 1. The van der Waals surface area contributed by atoms with E-state index >= 15 is 0 Å². The average molecular weight is 397 g/mol. The SMILES string of the molecule is O=C(Nc1cccc(CN2CCOCC2)c1)C1(c2cccc(F)c2)CCCCC1. The fourth-order valence-corrected chi connectivity index (χ4v) is 4.60. The van der Waals surface area contributed by atoms with Crippen LogP contribution in [0.1, 0.15) is 43.2 Å². The van der Waals surface area contributed by atoms with Crippen molar-refractivity contribution < 1.29 is 13.9 Å². The normalized spacial score (nSPS) is 19.6. The van der Waals surface area contributed by atoms with Crippen LogP contribution < -0.4 is 5.32 Å². The van der Waals surface area contributed by atoms with Crippen LogP contribution in [0.3, 0.4) is 0 Å². The molecule has 1 aliphatic carbocycles. The van der Waals surface area contributed by atoms with E-state index in [4.69, 9.17) is 4.74 Å². The second kappa shape index (κ2) is 9.06. The van der Waals surface area contributed by atoms with E-state index in [-0.39, 0.29) is 11.7 Å². The zero-order valence-corrected chi connectivity index (χ0v) is 16.8. The average Bonchev–Trinajstić information content (AvgIpc) is 2.75. The van der Waals surface area contributed by atoms with Gasteiger partial charge in [0.05, 0.1) is 18.6 Å². The molecule has 154 valence electrons. The highest BCUT2D eigenvalue weighted by atomic mass is 19.1. The van der Waals surface area contributed by atoms with Gasteiger partial charge in [-0.05, 0) is 48.2 Å². The number of carbonyl (C=O) groups excluding carboxylic acids is 1. The van der Waals surface area contributed by atoms with Gasteiger partial charge >= 0.3 is 0 Å². The summed E-state index contributed by atoms with van der Waals surface area (Å²) in [4.78, 5) is 15.8. The van der Waals surface area contributed by atoms with Crippen LogP contribution in [0.15, 0.2) is 48.5 Å². The number of morpholine rings is 1. The van der Waals surface area contributed by atoms with Gasteiger partial charge in [0.2, 0.25) is 5.91 Å². The first-order valence-electron chi connectivity index (χ1n) is 10.6. The molecule has 2 fully saturated rings. The molecule has 2 aromatic rings. The smallest absolute Gasteiger partial charge is 0.235 e. The Labute approximate surface area is 172 Å². The molecule has 0 spiro atoms. The molecule has 2 aliphatic rings. The van der Waals surface area contributed by atoms with Crippen LogP contribution in [-0.2, 0) is 21.5 Å². The quantitative estimate of drug-likeness (QED) is 0.809. The highest BCUT2D eigenvalue weighted by Crippen LogP contribution is 2.40. The molecule has 0 aromatic heterocycles. The second-order valence-corrected chi connectivity index (χ2v) is 8.20. The number of halogens is 1. The fourth-order valence-electron chi connectivity index (χ4n) is 4.60. The monoisotopic (exact) mass is 396 g/mol. The van der Waals surface area contributed by atoms with Crippen molar-refractivity contribution in [3.63, 3.8) is 0 Å². The van der Waals surface area contributed by atoms with Crippen LogP contribution in [0.25, 0.3) is 0 Å². The summed E-state index contributed by atoms with van der Waals surface area (Å²) in [7, 11) is 0. The summed E-state index contributed by atoms with van der Waals surface area (Å²) in [6.45, 7) is 4.25. The third-order valence-corrected chi connectivity index (χ3v) is 6.21. The first-order chi connectivity index (χ1) is 14.2. The molecular formula is C24H29FN2O2. The predicted molar refractivity (Wildman–Crippen MR) is 112 cm³/mol. The van der Waals surface area contributed by atoms with E-state index in [1.807, 2.05) is 18.2 Å². The Morgan fingerprint density at radius 3 is 2.55 bits per heavy atom. The summed E-state index contributed by atoms with van der Waals surface area (Å²) in [5.41, 5.74) is 2.12. The maximum Gasteiger partial charge on any atom is 0.235 e. The maximum atomic E-state index is 13.9. The van der Waals surface area contributed by atoms with Crippen molar-refractivity contribution in [1.82, 2.24) is 4.90 Å². The molecule has 1 heterocycles. The Hall–Kier alpha value is -2.24. The lowest BCUT2D eigenvalue weighted by molar-refractivity contribution is -0.122. The Bertz CT molecular complexity index is 842. The fraction of sp³-hybridized carbons (Fsp3) is 0.458. The molecule has 0 atom stereocenters. The zero-order chi connectivity index (χ0) is 20.1. The second-order valence-electron chi connectivity index (χ2n) is 8.20. The minimum absolute atomic E-state index is 0.0219. The van der Waals surface area contributed by atoms with E-state index in [0.717, 1.165) is 76.2 Å². The number of ether oxygens (including phenoxy) is 1. The summed E-state index contributed by atoms with van der Waals surface area (Å²) in [6, 6.07) is 14.6. The Morgan fingerprint density at radius 1 is 1.03 bits per heavy atom. The lowest BCUT2D eigenvalue weighted by Gasteiger charge is -2.36. The van der Waals surface area contributed by atoms with Crippen molar-refractivity contribution in [3.05, 3.63) is 65.5 Å². The molecule has 2 aromatic carbocycles. The van der Waals surface area contributed by atoms with E-state index in [9.17, 15) is 9.18 Å². The summed E-state index contributed by atoms with van der Waals surface area (Å²) in [6.07, 6.45) is 4.62. The molecule has 0 unspecified atom stereocenters. The highest BCUT2D eigenvalue weighted by molar-refractivity contribution is 5.99. The van der Waals surface area contributed by atoms with Crippen LogP contribution in [0.2, 0.25) is 0 Å². The van der Waals surface area contributed by atoms with Gasteiger partial charge in [-0.2, -0.15) is 0 Å². The van der Waals surface area contributed by atoms with Gasteiger partial charge in [-0.3, -0.25) is 9.69 Å². The number of carbonyl (C=O) groups is 1. The third-order valence-electron chi connectivity index (χ3n) is 6.21. The van der Waals surface area contributed by atoms with Gasteiger partial charge in [0.25, 0.3) is 0 Å². The molecule has 1 aliphatic heterocycles. The van der Waals surface area contributed by atoms with Gasteiger partial charge < -0.3 is 10.1 Å². The van der Waals surface area contributed by atoms with Crippen LogP contribution in [0.5, 0.6) is 0 Å². The summed E-state index contributed by atoms with van der Waals surface area (Å²) in [5.74, 6) is -0.306. The minimum atomic E-state index is -0.652. The molecule has 29 heavy (non-hydrogen) atoms. The highest BCUT2D eigenvalue weighted by Gasteiger charge is 2.41. The van der Waals surface area contributed by atoms with E-state index in [1.165, 1.54) is 17.7 Å². The largest absolute Gasteiger partial charge is 0.379 e. The summed E-state index contributed by atoms with van der Waals surface area (Å²) < 4.78 is 19.3. The molecule has 1 saturated heterocycles. The zero-order valence-electron chi connectivity index (χ0n) is 16.8. The molecule has 0 bridgehead atoms. The van der Waals surface area contributed by atoms with Crippen molar-refractivity contribution in [2.24, 2.45) is 0 Å². The van der Waals surface area contributed by atoms with Gasteiger partial charge in [-0.1, -0.05) is 43.5 Å². The molecule has 4 nitrogen and oxygen atoms in total. The number of nitrogens with one attached hydrogen (secondary N) is 1. The number of hydrogen-bond donors (Lipinski definition) is 1. The van der Waals surface area contributed by atoms with Crippen LogP contribution in [0, 0.1) is 5.82 Å². The maximum absolute atomic E-state index is 13.9. The number of nitrogens with zero attached hydrogens (tertiary/aromatic N) is 1. The molecule has 1 saturated carbocycles. The van der Waals surface area contributed by atoms with Crippen molar-refractivity contribution in [1.29, 1.82) is 0 Å². The Morgan fingerprint density at radius 2 is 1.79 bits per heavy atom. The summed E-state index contributed by atoms with van der Waals surface area (Å²) in [5, 5.41) is 3.14. The van der Waals surface area contributed by atoms with Gasteiger partial charge in [0, 0.05) is 25.3 Å². The molecule has 5 heteroatoms. The van der Waals surface area contributed by atoms with Crippen molar-refractivity contribution >= 4 is 11.6 Å².